The third kappa shape index (κ3) is 4.86. The van der Waals surface area contributed by atoms with Crippen molar-refractivity contribution in [3.05, 3.63) is 65.6 Å². The highest BCUT2D eigenvalue weighted by Crippen LogP contribution is 2.34. The molecule has 0 saturated carbocycles. The number of carbonyl (C=O) groups is 1. The molecule has 1 aromatic heterocycles. The zero-order valence-electron chi connectivity index (χ0n) is 21.1. The first-order valence-electron chi connectivity index (χ1n) is 11.6. The molecule has 0 bridgehead atoms. The van der Waals surface area contributed by atoms with Crippen LogP contribution in [0.4, 0.5) is 11.4 Å². The fraction of sp³-hybridized carbons (Fsp3) is 0.346. The molecular formula is C26H31N3O6S. The highest BCUT2D eigenvalue weighted by Gasteiger charge is 2.28. The second-order valence-electron chi connectivity index (χ2n) is 8.61. The highest BCUT2D eigenvalue weighted by molar-refractivity contribution is 7.92. The van der Waals surface area contributed by atoms with Gasteiger partial charge in [0.2, 0.25) is 0 Å². The van der Waals surface area contributed by atoms with E-state index in [9.17, 15) is 13.2 Å². The van der Waals surface area contributed by atoms with Crippen molar-refractivity contribution >= 4 is 27.3 Å². The number of rotatable bonds is 7. The Hall–Kier alpha value is -3.66. The summed E-state index contributed by atoms with van der Waals surface area (Å²) in [5, 5.41) is 0. The van der Waals surface area contributed by atoms with Crippen LogP contribution in [-0.4, -0.2) is 66.7 Å². The standard InChI is InChI=1S/C26H31N3O6S/c1-18-16-23(19(2)35-18)26(30)29-14-12-28(13-15-29)24-17-22(10-11-25(24)34-5)36(31,32)27(3)20-6-8-21(33-4)9-7-20/h6-11,16-17H,12-15H2,1-5H3. The summed E-state index contributed by atoms with van der Waals surface area (Å²) >= 11 is 0. The molecule has 0 radical (unpaired) electrons. The number of amides is 1. The maximum Gasteiger partial charge on any atom is 0.264 e. The third-order valence-corrected chi connectivity index (χ3v) is 8.21. The van der Waals surface area contributed by atoms with Crippen molar-refractivity contribution in [2.24, 2.45) is 0 Å². The second kappa shape index (κ2) is 10.1. The summed E-state index contributed by atoms with van der Waals surface area (Å²) in [5.74, 6) is 2.47. The maximum atomic E-state index is 13.4. The topological polar surface area (TPSA) is 92.5 Å². The molecule has 9 nitrogen and oxygen atoms in total. The number of benzene rings is 2. The van der Waals surface area contributed by atoms with E-state index in [-0.39, 0.29) is 10.8 Å². The van der Waals surface area contributed by atoms with Gasteiger partial charge >= 0.3 is 0 Å². The van der Waals surface area contributed by atoms with E-state index < -0.39 is 10.0 Å². The van der Waals surface area contributed by atoms with Crippen molar-refractivity contribution in [3.8, 4) is 11.5 Å². The Balaban J connectivity index is 1.54. The van der Waals surface area contributed by atoms with Gasteiger partial charge in [0.15, 0.2) is 0 Å². The number of sulfonamides is 1. The molecule has 3 aromatic rings. The number of nitrogens with zero attached hydrogens (tertiary/aromatic N) is 3. The Morgan fingerprint density at radius 1 is 0.944 bits per heavy atom. The van der Waals surface area contributed by atoms with Gasteiger partial charge in [0.25, 0.3) is 15.9 Å². The first kappa shape index (κ1) is 25.4. The predicted octanol–water partition coefficient (Wildman–Crippen LogP) is 3.70. The molecule has 1 aliphatic heterocycles. The minimum Gasteiger partial charge on any atom is -0.497 e. The minimum absolute atomic E-state index is 0.0617. The average Bonchev–Trinajstić information content (AvgIpc) is 3.25. The SMILES string of the molecule is COc1ccc(N(C)S(=O)(=O)c2ccc(OC)c(N3CCN(C(=O)c4cc(C)oc4C)CC3)c2)cc1. The molecule has 192 valence electrons. The number of hydrogen-bond acceptors (Lipinski definition) is 7. The molecule has 2 heterocycles. The van der Waals surface area contributed by atoms with E-state index in [1.807, 2.05) is 11.8 Å². The molecule has 1 aliphatic rings. The van der Waals surface area contributed by atoms with Crippen LogP contribution in [0.1, 0.15) is 21.9 Å². The van der Waals surface area contributed by atoms with Crippen molar-refractivity contribution in [2.45, 2.75) is 18.7 Å². The number of piperazine rings is 1. The van der Waals surface area contributed by atoms with E-state index in [1.165, 1.54) is 11.4 Å². The van der Waals surface area contributed by atoms with Crippen LogP contribution >= 0.6 is 0 Å². The number of methoxy groups -OCH3 is 2. The number of hydrogen-bond donors (Lipinski definition) is 0. The van der Waals surface area contributed by atoms with Crippen LogP contribution in [0.3, 0.4) is 0 Å². The largest absolute Gasteiger partial charge is 0.497 e. The summed E-state index contributed by atoms with van der Waals surface area (Å²) in [6.07, 6.45) is 0. The Bertz CT molecular complexity index is 1340. The van der Waals surface area contributed by atoms with E-state index in [4.69, 9.17) is 13.9 Å². The monoisotopic (exact) mass is 513 g/mol. The van der Waals surface area contributed by atoms with Crippen LogP contribution in [0.15, 0.2) is 57.8 Å². The number of carbonyl (C=O) groups excluding carboxylic acids is 1. The molecule has 0 spiro atoms. The van der Waals surface area contributed by atoms with Gasteiger partial charge in [-0.05, 0) is 62.4 Å². The van der Waals surface area contributed by atoms with Crippen LogP contribution in [0.5, 0.6) is 11.5 Å². The molecule has 0 unspecified atom stereocenters. The molecule has 2 aromatic carbocycles. The lowest BCUT2D eigenvalue weighted by molar-refractivity contribution is 0.0745. The van der Waals surface area contributed by atoms with Crippen molar-refractivity contribution in [2.75, 3.05) is 56.7 Å². The first-order valence-corrected chi connectivity index (χ1v) is 13.0. The summed E-state index contributed by atoms with van der Waals surface area (Å²) in [7, 11) is 0.809. The molecule has 1 amide bonds. The summed E-state index contributed by atoms with van der Waals surface area (Å²) in [4.78, 5) is 17.0. The van der Waals surface area contributed by atoms with Gasteiger partial charge in [-0.15, -0.1) is 0 Å². The molecule has 10 heteroatoms. The molecule has 36 heavy (non-hydrogen) atoms. The zero-order valence-corrected chi connectivity index (χ0v) is 22.0. The normalized spacial score (nSPS) is 14.0. The lowest BCUT2D eigenvalue weighted by Gasteiger charge is -2.36. The maximum absolute atomic E-state index is 13.4. The van der Waals surface area contributed by atoms with E-state index in [0.29, 0.717) is 66.1 Å². The number of ether oxygens (including phenoxy) is 2. The van der Waals surface area contributed by atoms with Gasteiger partial charge in [-0.1, -0.05) is 0 Å². The van der Waals surface area contributed by atoms with Crippen molar-refractivity contribution in [3.63, 3.8) is 0 Å². The smallest absolute Gasteiger partial charge is 0.264 e. The van der Waals surface area contributed by atoms with Gasteiger partial charge in [0.05, 0.1) is 36.1 Å². The summed E-state index contributed by atoms with van der Waals surface area (Å²) in [5.41, 5.74) is 1.77. The predicted molar refractivity (Wildman–Crippen MR) is 138 cm³/mol. The average molecular weight is 514 g/mol. The zero-order chi connectivity index (χ0) is 26.0. The molecule has 0 aliphatic carbocycles. The molecular weight excluding hydrogens is 482 g/mol. The quantitative estimate of drug-likeness (QED) is 0.476. The van der Waals surface area contributed by atoms with Crippen LogP contribution in [-0.2, 0) is 10.0 Å². The van der Waals surface area contributed by atoms with E-state index in [0.717, 1.165) is 0 Å². The lowest BCUT2D eigenvalue weighted by Crippen LogP contribution is -2.49. The molecule has 1 fully saturated rings. The molecule has 4 rings (SSSR count). The number of aryl methyl sites for hydroxylation is 2. The summed E-state index contributed by atoms with van der Waals surface area (Å²) in [6, 6.07) is 13.4. The second-order valence-corrected chi connectivity index (χ2v) is 10.6. The first-order chi connectivity index (χ1) is 17.1. The van der Waals surface area contributed by atoms with E-state index in [2.05, 4.69) is 0 Å². The van der Waals surface area contributed by atoms with Crippen LogP contribution in [0.2, 0.25) is 0 Å². The van der Waals surface area contributed by atoms with Gasteiger partial charge in [-0.3, -0.25) is 9.10 Å². The number of anilines is 2. The van der Waals surface area contributed by atoms with E-state index in [1.54, 1.807) is 74.6 Å². The van der Waals surface area contributed by atoms with Crippen LogP contribution < -0.4 is 18.7 Å². The fourth-order valence-electron chi connectivity index (χ4n) is 4.33. The van der Waals surface area contributed by atoms with Gasteiger partial charge in [-0.2, -0.15) is 0 Å². The fourth-order valence-corrected chi connectivity index (χ4v) is 5.55. The molecule has 0 N–H and O–H groups in total. The van der Waals surface area contributed by atoms with Crippen LogP contribution in [0.25, 0.3) is 0 Å². The summed E-state index contributed by atoms with van der Waals surface area (Å²) < 4.78 is 44.3. The highest BCUT2D eigenvalue weighted by atomic mass is 32.2. The Kier molecular flexibility index (Phi) is 7.16. The minimum atomic E-state index is -3.83. The Labute approximate surface area is 211 Å². The summed E-state index contributed by atoms with van der Waals surface area (Å²) in [6.45, 7) is 5.67. The molecule has 1 saturated heterocycles. The van der Waals surface area contributed by atoms with Gasteiger partial charge in [0, 0.05) is 33.2 Å². The Morgan fingerprint density at radius 3 is 2.17 bits per heavy atom. The van der Waals surface area contributed by atoms with Gasteiger partial charge < -0.3 is 23.7 Å². The van der Waals surface area contributed by atoms with Crippen molar-refractivity contribution < 1.29 is 27.1 Å². The third-order valence-electron chi connectivity index (χ3n) is 6.42. The van der Waals surface area contributed by atoms with Gasteiger partial charge in [-0.25, -0.2) is 8.42 Å². The Morgan fingerprint density at radius 2 is 1.61 bits per heavy atom. The van der Waals surface area contributed by atoms with Gasteiger partial charge in [0.1, 0.15) is 23.0 Å². The molecule has 0 atom stereocenters. The van der Waals surface area contributed by atoms with Crippen molar-refractivity contribution in [1.29, 1.82) is 0 Å². The van der Waals surface area contributed by atoms with E-state index >= 15 is 0 Å². The van der Waals surface area contributed by atoms with Crippen LogP contribution in [0, 0.1) is 13.8 Å². The lowest BCUT2D eigenvalue weighted by atomic mass is 10.2. The number of furan rings is 1. The van der Waals surface area contributed by atoms with Crippen molar-refractivity contribution in [1.82, 2.24) is 4.90 Å².